The molecule has 0 aromatic carbocycles. The molecule has 3 aliphatic heterocycles. The number of fused-ring (bicyclic) bond motifs is 1. The molecule has 0 aromatic rings. The van der Waals surface area contributed by atoms with Gasteiger partial charge in [-0.2, -0.15) is 4.99 Å². The fourth-order valence-corrected chi connectivity index (χ4v) is 2.30. The van der Waals surface area contributed by atoms with Crippen molar-refractivity contribution in [3.63, 3.8) is 0 Å². The van der Waals surface area contributed by atoms with Gasteiger partial charge in [0.15, 0.2) is 5.84 Å². The Morgan fingerprint density at radius 1 is 1.65 bits per heavy atom. The van der Waals surface area contributed by atoms with Gasteiger partial charge in [-0.25, -0.2) is 0 Å². The van der Waals surface area contributed by atoms with Crippen molar-refractivity contribution >= 4 is 17.7 Å². The molecule has 5 N–H and O–H groups in total. The van der Waals surface area contributed by atoms with Crippen LogP contribution < -0.4 is 16.4 Å². The highest BCUT2D eigenvalue weighted by molar-refractivity contribution is 6.22. The highest BCUT2D eigenvalue weighted by atomic mass is 16.5. The van der Waals surface area contributed by atoms with Crippen LogP contribution in [0, 0.1) is 0 Å². The number of hydrogen-bond acceptors (Lipinski definition) is 7. The van der Waals surface area contributed by atoms with Crippen LogP contribution in [0.4, 0.5) is 0 Å². The lowest BCUT2D eigenvalue weighted by molar-refractivity contribution is -0.181. The molecule has 0 saturated carbocycles. The van der Waals surface area contributed by atoms with Gasteiger partial charge >= 0.3 is 0 Å². The van der Waals surface area contributed by atoms with Crippen molar-refractivity contribution in [1.29, 1.82) is 0 Å². The summed E-state index contributed by atoms with van der Waals surface area (Å²) in [6.07, 6.45) is -1.19. The highest BCUT2D eigenvalue weighted by Gasteiger charge is 2.57. The molecular weight excluding hydrogens is 226 g/mol. The Morgan fingerprint density at radius 3 is 3.18 bits per heavy atom. The molecule has 3 heterocycles. The zero-order valence-electron chi connectivity index (χ0n) is 9.17. The van der Waals surface area contributed by atoms with Gasteiger partial charge < -0.3 is 15.6 Å². The summed E-state index contributed by atoms with van der Waals surface area (Å²) in [6, 6.07) is -0.317. The summed E-state index contributed by atoms with van der Waals surface area (Å²) in [4.78, 5) is 20.1. The Balaban J connectivity index is 2.09. The first-order valence-corrected chi connectivity index (χ1v) is 5.37. The van der Waals surface area contributed by atoms with Crippen molar-refractivity contribution in [3.8, 4) is 0 Å². The predicted molar refractivity (Wildman–Crippen MR) is 58.3 cm³/mol. The fourth-order valence-electron chi connectivity index (χ4n) is 2.30. The molecule has 0 aromatic heterocycles. The van der Waals surface area contributed by atoms with Crippen LogP contribution in [0.1, 0.15) is 6.92 Å². The predicted octanol–water partition coefficient (Wildman–Crippen LogP) is -2.72. The lowest BCUT2D eigenvalue weighted by Gasteiger charge is -2.48. The van der Waals surface area contributed by atoms with Crippen LogP contribution in [0.5, 0.6) is 0 Å². The summed E-state index contributed by atoms with van der Waals surface area (Å²) >= 11 is 0. The minimum Gasteiger partial charge on any atom is -0.389 e. The quantitative estimate of drug-likeness (QED) is 0.366. The maximum absolute atomic E-state index is 12.0. The van der Waals surface area contributed by atoms with Gasteiger partial charge in [0.1, 0.15) is 0 Å². The van der Waals surface area contributed by atoms with E-state index in [1.807, 2.05) is 0 Å². The number of carbonyl (C=O) groups excluding carboxylic acids is 1. The second kappa shape index (κ2) is 3.25. The normalized spacial score (nSPS) is 44.4. The molecule has 8 nitrogen and oxygen atoms in total. The molecule has 0 radical (unpaired) electrons. The summed E-state index contributed by atoms with van der Waals surface area (Å²) in [5, 5.41) is 15.2. The maximum Gasteiger partial charge on any atom is 0.282 e. The van der Waals surface area contributed by atoms with Crippen LogP contribution in [-0.4, -0.2) is 53.3 Å². The molecule has 3 aliphatic rings. The van der Waals surface area contributed by atoms with Gasteiger partial charge in [0.05, 0.1) is 24.8 Å². The van der Waals surface area contributed by atoms with Crippen LogP contribution >= 0.6 is 0 Å². The Labute approximate surface area is 96.9 Å². The van der Waals surface area contributed by atoms with E-state index < -0.39 is 23.8 Å². The maximum atomic E-state index is 12.0. The monoisotopic (exact) mass is 239 g/mol. The minimum absolute atomic E-state index is 0.00185. The standard InChI is InChI=1S/C9H13N5O3/c1-3-5(15)4-2-11-6-9(14-4,17-3)7(16)13-8(10)12-6/h3-5,14-15H,2H2,1H3,(H3,10,11,12,13,16). The zero-order chi connectivity index (χ0) is 12.2. The number of amidine groups is 1. The highest BCUT2D eigenvalue weighted by Crippen LogP contribution is 2.28. The molecule has 1 spiro atoms. The number of guanidine groups is 1. The third-order valence-electron chi connectivity index (χ3n) is 3.18. The lowest BCUT2D eigenvalue weighted by Crippen LogP contribution is -2.78. The second-order valence-corrected chi connectivity index (χ2v) is 4.36. The summed E-state index contributed by atoms with van der Waals surface area (Å²) in [7, 11) is 0. The van der Waals surface area contributed by atoms with Crippen molar-refractivity contribution in [1.82, 2.24) is 10.6 Å². The first-order valence-electron chi connectivity index (χ1n) is 5.37. The number of nitrogens with zero attached hydrogens (tertiary/aromatic N) is 2. The molecule has 1 fully saturated rings. The molecule has 1 amide bonds. The zero-order valence-corrected chi connectivity index (χ0v) is 9.17. The Kier molecular flexibility index (Phi) is 2.03. The Morgan fingerprint density at radius 2 is 2.41 bits per heavy atom. The van der Waals surface area contributed by atoms with Gasteiger partial charge in [-0.1, -0.05) is 0 Å². The van der Waals surface area contributed by atoms with E-state index in [0.717, 1.165) is 0 Å². The van der Waals surface area contributed by atoms with E-state index >= 15 is 0 Å². The van der Waals surface area contributed by atoms with E-state index in [4.69, 9.17) is 10.5 Å². The number of rotatable bonds is 0. The molecule has 1 saturated heterocycles. The van der Waals surface area contributed by atoms with Crippen LogP contribution in [0.2, 0.25) is 0 Å². The van der Waals surface area contributed by atoms with Crippen molar-refractivity contribution < 1.29 is 14.6 Å². The minimum atomic E-state index is -1.41. The van der Waals surface area contributed by atoms with E-state index in [0.29, 0.717) is 6.54 Å². The van der Waals surface area contributed by atoms with Crippen molar-refractivity contribution in [2.24, 2.45) is 15.7 Å². The summed E-state index contributed by atoms with van der Waals surface area (Å²) in [5.41, 5.74) is 4.05. The van der Waals surface area contributed by atoms with E-state index in [9.17, 15) is 9.90 Å². The number of aliphatic hydroxyl groups excluding tert-OH is 1. The molecule has 3 rings (SSSR count). The van der Waals surface area contributed by atoms with Crippen LogP contribution in [0.3, 0.4) is 0 Å². The number of nitrogens with one attached hydrogen (secondary N) is 2. The third-order valence-corrected chi connectivity index (χ3v) is 3.18. The van der Waals surface area contributed by atoms with Crippen molar-refractivity contribution in [3.05, 3.63) is 0 Å². The molecule has 4 atom stereocenters. The third kappa shape index (κ3) is 1.31. The summed E-state index contributed by atoms with van der Waals surface area (Å²) < 4.78 is 5.55. The van der Waals surface area contributed by atoms with E-state index in [2.05, 4.69) is 20.6 Å². The topological polar surface area (TPSA) is 121 Å². The van der Waals surface area contributed by atoms with Crippen LogP contribution in [0.25, 0.3) is 0 Å². The first kappa shape index (κ1) is 10.6. The molecule has 4 unspecified atom stereocenters. The number of amides is 1. The largest absolute Gasteiger partial charge is 0.389 e. The molecule has 0 aliphatic carbocycles. The Hall–Kier alpha value is -1.51. The average molecular weight is 239 g/mol. The first-order chi connectivity index (χ1) is 8.03. The van der Waals surface area contributed by atoms with E-state index in [1.165, 1.54) is 0 Å². The second-order valence-electron chi connectivity index (χ2n) is 4.36. The van der Waals surface area contributed by atoms with Gasteiger partial charge in [0, 0.05) is 0 Å². The number of aliphatic imine (C=N–C) groups is 2. The van der Waals surface area contributed by atoms with Gasteiger partial charge in [-0.3, -0.25) is 20.4 Å². The average Bonchev–Trinajstić information content (AvgIpc) is 2.28. The van der Waals surface area contributed by atoms with Gasteiger partial charge in [-0.05, 0) is 6.92 Å². The Bertz CT molecular complexity index is 448. The molecule has 17 heavy (non-hydrogen) atoms. The number of nitrogens with two attached hydrogens (primary N) is 1. The summed E-state index contributed by atoms with van der Waals surface area (Å²) in [5.74, 6) is -0.233. The molecular formula is C9H13N5O3. The van der Waals surface area contributed by atoms with Crippen LogP contribution in [-0.2, 0) is 9.53 Å². The van der Waals surface area contributed by atoms with E-state index in [1.54, 1.807) is 6.92 Å². The summed E-state index contributed by atoms with van der Waals surface area (Å²) in [6.45, 7) is 2.05. The molecule has 8 heteroatoms. The number of hydrogen-bond donors (Lipinski definition) is 4. The number of carbonyl (C=O) groups is 1. The van der Waals surface area contributed by atoms with Gasteiger partial charge in [0.25, 0.3) is 11.6 Å². The SMILES string of the molecule is CC1OC23NC(CN=C2N=C(N)NC3=O)C1O. The van der Waals surface area contributed by atoms with Crippen molar-refractivity contribution in [2.75, 3.05) is 6.54 Å². The number of ether oxygens (including phenoxy) is 1. The van der Waals surface area contributed by atoms with Crippen molar-refractivity contribution in [2.45, 2.75) is 30.9 Å². The van der Waals surface area contributed by atoms with Gasteiger partial charge in [-0.15, -0.1) is 0 Å². The van der Waals surface area contributed by atoms with Gasteiger partial charge in [0.2, 0.25) is 5.96 Å². The molecule has 92 valence electrons. The van der Waals surface area contributed by atoms with Crippen LogP contribution in [0.15, 0.2) is 9.98 Å². The smallest absolute Gasteiger partial charge is 0.282 e. The number of aliphatic hydroxyl groups is 1. The fraction of sp³-hybridized carbons (Fsp3) is 0.667. The lowest BCUT2D eigenvalue weighted by atomic mass is 9.95. The molecule has 2 bridgehead atoms. The van der Waals surface area contributed by atoms with E-state index in [-0.39, 0.29) is 17.8 Å².